The van der Waals surface area contributed by atoms with E-state index in [-0.39, 0.29) is 6.42 Å². The van der Waals surface area contributed by atoms with Gasteiger partial charge in [-0.1, -0.05) is 70.4 Å². The minimum atomic E-state index is -2.09. The molecule has 8 heteroatoms. The highest BCUT2D eigenvalue weighted by Crippen LogP contribution is 2.10. The van der Waals surface area contributed by atoms with Gasteiger partial charge in [0.15, 0.2) is 6.10 Å². The Morgan fingerprint density at radius 3 is 1.78 bits per heavy atom. The summed E-state index contributed by atoms with van der Waals surface area (Å²) >= 11 is 0. The zero-order valence-electron chi connectivity index (χ0n) is 19.6. The number of aliphatic hydroxyl groups is 5. The summed E-state index contributed by atoms with van der Waals surface area (Å²) in [5.74, 6) is -1.73. The molecule has 0 aromatic carbocycles. The van der Waals surface area contributed by atoms with Crippen LogP contribution in [0.15, 0.2) is 12.2 Å². The third-order valence-corrected chi connectivity index (χ3v) is 5.45. The first-order chi connectivity index (χ1) is 15.3. The first-order valence-electron chi connectivity index (χ1n) is 12.2. The standard InChI is InChI=1S/C24H45NO7/c1-2-3-4-5-6-7-8-9-10-11-12-13-14-15-16-17-20(28)25-24(32)23(31)22(30)21(29)19(27)18-26/h9-10,19,21-23,26-27,29-31H,2-8,11-18H2,1H3,(H,25,28,32)/b10-9-/t19-,21-,22+,23-/m1/s1. The predicted octanol–water partition coefficient (Wildman–Crippen LogP) is 2.10. The molecule has 0 aromatic heterocycles. The van der Waals surface area contributed by atoms with Gasteiger partial charge in [0.1, 0.15) is 18.3 Å². The maximum Gasteiger partial charge on any atom is 0.258 e. The fourth-order valence-electron chi connectivity index (χ4n) is 3.31. The van der Waals surface area contributed by atoms with E-state index < -0.39 is 42.8 Å². The lowest BCUT2D eigenvalue weighted by molar-refractivity contribution is -0.151. The summed E-state index contributed by atoms with van der Waals surface area (Å²) in [7, 11) is 0. The Balaban J connectivity index is 3.71. The van der Waals surface area contributed by atoms with Crippen LogP contribution in [0.1, 0.15) is 96.8 Å². The van der Waals surface area contributed by atoms with Gasteiger partial charge in [0.2, 0.25) is 5.91 Å². The van der Waals surface area contributed by atoms with Crippen LogP contribution in [0.2, 0.25) is 0 Å². The predicted molar refractivity (Wildman–Crippen MR) is 124 cm³/mol. The number of carbonyl (C=O) groups is 2. The van der Waals surface area contributed by atoms with Crippen molar-refractivity contribution in [1.82, 2.24) is 5.32 Å². The zero-order chi connectivity index (χ0) is 24.2. The highest BCUT2D eigenvalue weighted by atomic mass is 16.4. The fraction of sp³-hybridized carbons (Fsp3) is 0.833. The van der Waals surface area contributed by atoms with E-state index in [0.717, 1.165) is 38.5 Å². The summed E-state index contributed by atoms with van der Waals surface area (Å²) in [4.78, 5) is 23.6. The van der Waals surface area contributed by atoms with Crippen molar-refractivity contribution in [2.45, 2.75) is 121 Å². The van der Waals surface area contributed by atoms with Gasteiger partial charge < -0.3 is 25.5 Å². The molecular formula is C24H45NO7. The van der Waals surface area contributed by atoms with Gasteiger partial charge in [0.05, 0.1) is 6.61 Å². The lowest BCUT2D eigenvalue weighted by atomic mass is 10.0. The molecule has 0 bridgehead atoms. The maximum absolute atomic E-state index is 11.8. The van der Waals surface area contributed by atoms with Crippen molar-refractivity contribution in [3.63, 3.8) is 0 Å². The molecule has 2 amide bonds. The molecule has 8 nitrogen and oxygen atoms in total. The second-order valence-corrected chi connectivity index (χ2v) is 8.42. The average molecular weight is 460 g/mol. The number of unbranched alkanes of at least 4 members (excludes halogenated alkanes) is 11. The Labute approximate surface area is 192 Å². The molecule has 6 N–H and O–H groups in total. The van der Waals surface area contributed by atoms with Crippen LogP contribution in [-0.2, 0) is 9.59 Å². The molecule has 0 saturated carbocycles. The number of hydrogen-bond acceptors (Lipinski definition) is 7. The molecule has 32 heavy (non-hydrogen) atoms. The van der Waals surface area contributed by atoms with Crippen LogP contribution in [0.25, 0.3) is 0 Å². The molecule has 0 fully saturated rings. The maximum atomic E-state index is 11.8. The lowest BCUT2D eigenvalue weighted by Gasteiger charge is -2.24. The van der Waals surface area contributed by atoms with Gasteiger partial charge in [0, 0.05) is 6.42 Å². The van der Waals surface area contributed by atoms with Crippen molar-refractivity contribution in [1.29, 1.82) is 0 Å². The topological polar surface area (TPSA) is 147 Å². The molecule has 188 valence electrons. The number of aliphatic hydroxyl groups excluding tert-OH is 5. The Kier molecular flexibility index (Phi) is 19.5. The minimum absolute atomic E-state index is 0.120. The first-order valence-corrected chi connectivity index (χ1v) is 12.2. The summed E-state index contributed by atoms with van der Waals surface area (Å²) in [5.41, 5.74) is 0. The zero-order valence-corrected chi connectivity index (χ0v) is 19.6. The molecule has 0 spiro atoms. The Morgan fingerprint density at radius 2 is 1.25 bits per heavy atom. The molecule has 0 aliphatic carbocycles. The van der Waals surface area contributed by atoms with Crippen LogP contribution in [0.4, 0.5) is 0 Å². The average Bonchev–Trinajstić information content (AvgIpc) is 2.79. The van der Waals surface area contributed by atoms with Crippen molar-refractivity contribution >= 4 is 11.8 Å². The number of imide groups is 1. The summed E-state index contributed by atoms with van der Waals surface area (Å²) < 4.78 is 0. The van der Waals surface area contributed by atoms with Gasteiger partial charge in [-0.05, 0) is 32.1 Å². The number of nitrogens with one attached hydrogen (secondary N) is 1. The van der Waals surface area contributed by atoms with E-state index in [2.05, 4.69) is 19.1 Å². The number of hydrogen-bond donors (Lipinski definition) is 6. The van der Waals surface area contributed by atoms with Crippen LogP contribution in [0.5, 0.6) is 0 Å². The van der Waals surface area contributed by atoms with E-state index in [4.69, 9.17) is 5.11 Å². The van der Waals surface area contributed by atoms with Crippen molar-refractivity contribution in [2.24, 2.45) is 0 Å². The van der Waals surface area contributed by atoms with Gasteiger partial charge >= 0.3 is 0 Å². The Hall–Kier alpha value is -1.32. The van der Waals surface area contributed by atoms with Crippen molar-refractivity contribution < 1.29 is 35.1 Å². The van der Waals surface area contributed by atoms with Crippen LogP contribution >= 0.6 is 0 Å². The van der Waals surface area contributed by atoms with Crippen LogP contribution in [0.3, 0.4) is 0 Å². The van der Waals surface area contributed by atoms with Gasteiger partial charge in [0.25, 0.3) is 5.91 Å². The van der Waals surface area contributed by atoms with Crippen molar-refractivity contribution in [2.75, 3.05) is 6.61 Å². The van der Waals surface area contributed by atoms with Crippen LogP contribution < -0.4 is 5.32 Å². The SMILES string of the molecule is CCCCCCCC/C=C\CCCCCCCC(=O)NC(=O)[C@H](O)[C@@H](O)[C@H](O)[C@H](O)CO. The molecule has 0 aliphatic heterocycles. The second-order valence-electron chi connectivity index (χ2n) is 8.42. The molecule has 0 rings (SSSR count). The van der Waals surface area contributed by atoms with E-state index in [1.807, 2.05) is 5.32 Å². The second kappa shape index (κ2) is 20.3. The van der Waals surface area contributed by atoms with Gasteiger partial charge in [-0.15, -0.1) is 0 Å². The molecule has 0 aliphatic rings. The van der Waals surface area contributed by atoms with Gasteiger partial charge in [-0.3, -0.25) is 14.9 Å². The Bertz CT molecular complexity index is 513. The summed E-state index contributed by atoms with van der Waals surface area (Å²) in [6.07, 6.45) is 11.7. The van der Waals surface area contributed by atoms with Crippen molar-refractivity contribution in [3.8, 4) is 0 Å². The number of carbonyl (C=O) groups excluding carboxylic acids is 2. The van der Waals surface area contributed by atoms with E-state index >= 15 is 0 Å². The molecule has 0 aromatic rings. The number of rotatable bonds is 20. The summed E-state index contributed by atoms with van der Waals surface area (Å²) in [6, 6.07) is 0. The molecular weight excluding hydrogens is 414 g/mol. The highest BCUT2D eigenvalue weighted by molar-refractivity contribution is 5.97. The molecule has 0 heterocycles. The molecule has 0 unspecified atom stereocenters. The van der Waals surface area contributed by atoms with Gasteiger partial charge in [-0.25, -0.2) is 0 Å². The normalized spacial score (nSPS) is 15.4. The summed E-state index contributed by atoms with van der Waals surface area (Å²) in [5, 5.41) is 48.8. The van der Waals surface area contributed by atoms with Gasteiger partial charge in [-0.2, -0.15) is 0 Å². The lowest BCUT2D eigenvalue weighted by Crippen LogP contribution is -2.52. The summed E-state index contributed by atoms with van der Waals surface area (Å²) in [6.45, 7) is 1.38. The minimum Gasteiger partial charge on any atom is -0.394 e. The largest absolute Gasteiger partial charge is 0.394 e. The van der Waals surface area contributed by atoms with E-state index in [1.165, 1.54) is 38.5 Å². The quantitative estimate of drug-likeness (QED) is 0.121. The first kappa shape index (κ1) is 30.7. The van der Waals surface area contributed by atoms with E-state index in [1.54, 1.807) is 0 Å². The molecule has 0 radical (unpaired) electrons. The smallest absolute Gasteiger partial charge is 0.258 e. The third kappa shape index (κ3) is 15.5. The van der Waals surface area contributed by atoms with Crippen LogP contribution in [-0.4, -0.2) is 68.4 Å². The number of allylic oxidation sites excluding steroid dienone is 2. The monoisotopic (exact) mass is 459 g/mol. The Morgan fingerprint density at radius 1 is 0.750 bits per heavy atom. The van der Waals surface area contributed by atoms with E-state index in [9.17, 15) is 30.0 Å². The highest BCUT2D eigenvalue weighted by Gasteiger charge is 2.34. The van der Waals surface area contributed by atoms with E-state index in [0.29, 0.717) is 6.42 Å². The molecule has 4 atom stereocenters. The third-order valence-electron chi connectivity index (χ3n) is 5.45. The number of amides is 2. The van der Waals surface area contributed by atoms with Crippen LogP contribution in [0, 0.1) is 0 Å². The fourth-order valence-corrected chi connectivity index (χ4v) is 3.31. The molecule has 0 saturated heterocycles. The van der Waals surface area contributed by atoms with Crippen molar-refractivity contribution in [3.05, 3.63) is 12.2 Å².